The molecular weight excluding hydrogens is 513 g/mol. The van der Waals surface area contributed by atoms with Crippen LogP contribution < -0.4 is 21.7 Å². The lowest BCUT2D eigenvalue weighted by molar-refractivity contribution is 0.0673. The molecule has 0 radical (unpaired) electrons. The van der Waals surface area contributed by atoms with Crippen molar-refractivity contribution in [2.75, 3.05) is 68.1 Å². The third kappa shape index (κ3) is 6.91. The van der Waals surface area contributed by atoms with Gasteiger partial charge in [0.2, 0.25) is 5.95 Å². The molecule has 10 nitrogen and oxygen atoms in total. The minimum Gasteiger partial charge on any atom is -0.396 e. The van der Waals surface area contributed by atoms with Gasteiger partial charge in [0, 0.05) is 50.2 Å². The van der Waals surface area contributed by atoms with Crippen molar-refractivity contribution in [3.05, 3.63) is 46.6 Å². The largest absolute Gasteiger partial charge is 0.396 e. The van der Waals surface area contributed by atoms with Crippen molar-refractivity contribution < 1.29 is 4.74 Å². The second-order valence-corrected chi connectivity index (χ2v) is 9.11. The fraction of sp³-hybridized carbons (Fsp3) is 0.360. The van der Waals surface area contributed by atoms with Gasteiger partial charge in [-0.25, -0.2) is 19.9 Å². The molecule has 1 aromatic carbocycles. The quantitative estimate of drug-likeness (QED) is 0.171. The molecule has 1 aliphatic rings. The molecule has 0 amide bonds. The Balaban J connectivity index is 1.54. The van der Waals surface area contributed by atoms with Crippen LogP contribution in [0.5, 0.6) is 0 Å². The molecule has 0 saturated carbocycles. The normalized spacial score (nSPS) is 13.9. The van der Waals surface area contributed by atoms with Crippen molar-refractivity contribution in [2.45, 2.75) is 13.3 Å². The van der Waals surface area contributed by atoms with Gasteiger partial charge in [-0.1, -0.05) is 30.1 Å². The Hall–Kier alpha value is -3.34. The van der Waals surface area contributed by atoms with Gasteiger partial charge in [0.1, 0.15) is 23.0 Å². The summed E-state index contributed by atoms with van der Waals surface area (Å²) in [6.07, 6.45) is 2.49. The van der Waals surface area contributed by atoms with E-state index in [9.17, 15) is 0 Å². The second-order valence-electron chi connectivity index (χ2n) is 8.27. The van der Waals surface area contributed by atoms with E-state index in [2.05, 4.69) is 37.7 Å². The molecule has 1 saturated heterocycles. The monoisotopic (exact) mass is 543 g/mol. The average molecular weight is 544 g/mol. The molecule has 0 unspecified atom stereocenters. The molecule has 37 heavy (non-hydrogen) atoms. The Labute approximate surface area is 226 Å². The SMILES string of the molecule is CCC(=Nc1cnc(NCCNc2ccc(N)c(NC)n2)nc1-c1ccc(Cl)cc1Cl)N1CCOCC1. The van der Waals surface area contributed by atoms with E-state index in [1.54, 1.807) is 31.4 Å². The number of nitrogen functional groups attached to an aromatic ring is 1. The van der Waals surface area contributed by atoms with Crippen molar-refractivity contribution in [2.24, 2.45) is 4.99 Å². The van der Waals surface area contributed by atoms with Crippen molar-refractivity contribution in [3.8, 4) is 11.3 Å². The number of aromatic nitrogens is 3. The maximum atomic E-state index is 6.57. The predicted molar refractivity (Wildman–Crippen MR) is 152 cm³/mol. The number of nitrogens with one attached hydrogen (secondary N) is 3. The number of nitrogens with zero attached hydrogens (tertiary/aromatic N) is 5. The third-order valence-corrected chi connectivity index (χ3v) is 6.32. The zero-order chi connectivity index (χ0) is 26.2. The van der Waals surface area contributed by atoms with Gasteiger partial charge in [0.25, 0.3) is 0 Å². The molecule has 4 rings (SSSR count). The van der Waals surface area contributed by atoms with Crippen LogP contribution in [0.2, 0.25) is 10.0 Å². The van der Waals surface area contributed by atoms with Crippen molar-refractivity contribution >= 4 is 58.0 Å². The van der Waals surface area contributed by atoms with Gasteiger partial charge in [-0.2, -0.15) is 0 Å². The zero-order valence-corrected chi connectivity index (χ0v) is 22.4. The van der Waals surface area contributed by atoms with Crippen molar-refractivity contribution in [1.29, 1.82) is 0 Å². The summed E-state index contributed by atoms with van der Waals surface area (Å²) in [6, 6.07) is 8.98. The number of hydrogen-bond acceptors (Lipinski definition) is 9. The Morgan fingerprint density at radius 2 is 1.89 bits per heavy atom. The summed E-state index contributed by atoms with van der Waals surface area (Å²) in [5.41, 5.74) is 8.49. The highest BCUT2D eigenvalue weighted by Gasteiger charge is 2.17. The minimum absolute atomic E-state index is 0.465. The number of hydrogen-bond donors (Lipinski definition) is 4. The molecule has 196 valence electrons. The highest BCUT2D eigenvalue weighted by molar-refractivity contribution is 6.36. The van der Waals surface area contributed by atoms with Gasteiger partial charge in [0.15, 0.2) is 5.82 Å². The van der Waals surface area contributed by atoms with E-state index < -0.39 is 0 Å². The summed E-state index contributed by atoms with van der Waals surface area (Å²) in [7, 11) is 1.78. The van der Waals surface area contributed by atoms with Crippen LogP contribution >= 0.6 is 23.2 Å². The number of benzene rings is 1. The molecule has 1 fully saturated rings. The molecule has 5 N–H and O–H groups in total. The lowest BCUT2D eigenvalue weighted by atomic mass is 10.1. The maximum Gasteiger partial charge on any atom is 0.223 e. The van der Waals surface area contributed by atoms with Crippen LogP contribution in [0.1, 0.15) is 13.3 Å². The molecule has 0 bridgehead atoms. The average Bonchev–Trinajstić information content (AvgIpc) is 2.91. The van der Waals surface area contributed by atoms with Crippen LogP contribution in [0, 0.1) is 0 Å². The fourth-order valence-corrected chi connectivity index (χ4v) is 4.39. The standard InChI is InChI=1S/C25H31Cl2N9O/c1-3-22(36-10-12-37-13-11-36)33-20-15-32-25(35-23(20)17-5-4-16(26)14-18(17)27)31-9-8-30-21-7-6-19(28)24(29-2)34-21/h4-7,14-15H,3,8-13,28H2,1-2H3,(H2,29,30,34)(H,31,32,35). The van der Waals surface area contributed by atoms with Crippen molar-refractivity contribution in [1.82, 2.24) is 19.9 Å². The van der Waals surface area contributed by atoms with E-state index in [0.717, 1.165) is 36.7 Å². The van der Waals surface area contributed by atoms with E-state index in [0.29, 0.717) is 65.2 Å². The smallest absolute Gasteiger partial charge is 0.223 e. The first-order chi connectivity index (χ1) is 18.0. The number of anilines is 4. The van der Waals surface area contributed by atoms with Gasteiger partial charge in [0.05, 0.1) is 30.1 Å². The minimum atomic E-state index is 0.465. The van der Waals surface area contributed by atoms with Crippen LogP contribution in [0.4, 0.5) is 29.0 Å². The van der Waals surface area contributed by atoms with E-state index in [1.165, 1.54) is 0 Å². The number of rotatable bonds is 9. The van der Waals surface area contributed by atoms with Gasteiger partial charge in [-0.05, 0) is 30.3 Å². The van der Waals surface area contributed by atoms with E-state index in [4.69, 9.17) is 43.6 Å². The first-order valence-electron chi connectivity index (χ1n) is 12.1. The van der Waals surface area contributed by atoms with E-state index >= 15 is 0 Å². The number of halogens is 2. The van der Waals surface area contributed by atoms with E-state index in [-0.39, 0.29) is 0 Å². The third-order valence-electron chi connectivity index (χ3n) is 5.78. The number of pyridine rings is 1. The highest BCUT2D eigenvalue weighted by atomic mass is 35.5. The molecule has 3 heterocycles. The van der Waals surface area contributed by atoms with Crippen molar-refractivity contribution in [3.63, 3.8) is 0 Å². The van der Waals surface area contributed by atoms with Crippen LogP contribution in [0.3, 0.4) is 0 Å². The summed E-state index contributed by atoms with van der Waals surface area (Å²) in [4.78, 5) is 20.9. The second kappa shape index (κ2) is 12.8. The van der Waals surface area contributed by atoms with Crippen LogP contribution in [0.15, 0.2) is 41.5 Å². The van der Waals surface area contributed by atoms with Crippen LogP contribution in [-0.4, -0.2) is 72.1 Å². The number of morpholine rings is 1. The van der Waals surface area contributed by atoms with Crippen LogP contribution in [-0.2, 0) is 4.74 Å². The molecule has 3 aromatic rings. The Morgan fingerprint density at radius 3 is 2.62 bits per heavy atom. The summed E-state index contributed by atoms with van der Waals surface area (Å²) < 4.78 is 5.49. The fourth-order valence-electron chi connectivity index (χ4n) is 3.89. The molecule has 0 aliphatic carbocycles. The summed E-state index contributed by atoms with van der Waals surface area (Å²) in [6.45, 7) is 6.21. The summed E-state index contributed by atoms with van der Waals surface area (Å²) in [5.74, 6) is 2.77. The lowest BCUT2D eigenvalue weighted by Crippen LogP contribution is -2.40. The zero-order valence-electron chi connectivity index (χ0n) is 20.9. The molecule has 0 atom stereocenters. The lowest BCUT2D eigenvalue weighted by Gasteiger charge is -2.29. The molecule has 0 spiro atoms. The highest BCUT2D eigenvalue weighted by Crippen LogP contribution is 2.35. The number of amidine groups is 1. The van der Waals surface area contributed by atoms with Gasteiger partial charge < -0.3 is 31.3 Å². The van der Waals surface area contributed by atoms with Gasteiger partial charge in [-0.15, -0.1) is 0 Å². The predicted octanol–water partition coefficient (Wildman–Crippen LogP) is 4.77. The first kappa shape index (κ1) is 26.7. The number of nitrogens with two attached hydrogens (primary N) is 1. The Morgan fingerprint density at radius 1 is 1.11 bits per heavy atom. The summed E-state index contributed by atoms with van der Waals surface area (Å²) in [5, 5.41) is 10.5. The number of aliphatic imine (C=N–C) groups is 1. The topological polar surface area (TPSA) is 126 Å². The molecular formula is C25H31Cl2N9O. The Bertz CT molecular complexity index is 1250. The van der Waals surface area contributed by atoms with Gasteiger partial charge in [-0.3, -0.25) is 0 Å². The Kier molecular flexibility index (Phi) is 9.21. The van der Waals surface area contributed by atoms with Gasteiger partial charge >= 0.3 is 0 Å². The molecule has 2 aromatic heterocycles. The molecule has 12 heteroatoms. The summed E-state index contributed by atoms with van der Waals surface area (Å²) >= 11 is 12.7. The van der Waals surface area contributed by atoms with Crippen LogP contribution in [0.25, 0.3) is 11.3 Å². The van der Waals surface area contributed by atoms with E-state index in [1.807, 2.05) is 12.1 Å². The first-order valence-corrected chi connectivity index (χ1v) is 12.9. The number of ether oxygens (including phenoxy) is 1. The molecule has 1 aliphatic heterocycles. The maximum absolute atomic E-state index is 6.57.